The standard InChI is InChI=1S/C16H18O4S/c1-2-20-16(19)9-11(17)10-21-15-8-7-14(18)12-5-3-4-6-13(12)15/h3-8,11,17-18H,2,9-10H2,1H3. The first-order valence-electron chi connectivity index (χ1n) is 6.79. The van der Waals surface area contributed by atoms with Crippen molar-refractivity contribution in [3.05, 3.63) is 36.4 Å². The van der Waals surface area contributed by atoms with Gasteiger partial charge in [-0.1, -0.05) is 24.3 Å². The molecule has 5 heteroatoms. The summed E-state index contributed by atoms with van der Waals surface area (Å²) in [6, 6.07) is 11.0. The van der Waals surface area contributed by atoms with Gasteiger partial charge in [0.2, 0.25) is 0 Å². The van der Waals surface area contributed by atoms with Gasteiger partial charge in [0.05, 0.1) is 19.1 Å². The van der Waals surface area contributed by atoms with Gasteiger partial charge in [0.1, 0.15) is 5.75 Å². The number of phenols is 1. The van der Waals surface area contributed by atoms with E-state index in [-0.39, 0.29) is 18.1 Å². The lowest BCUT2D eigenvalue weighted by molar-refractivity contribution is -0.144. The van der Waals surface area contributed by atoms with Crippen molar-refractivity contribution >= 4 is 28.5 Å². The van der Waals surface area contributed by atoms with Crippen molar-refractivity contribution in [2.75, 3.05) is 12.4 Å². The van der Waals surface area contributed by atoms with Gasteiger partial charge in [-0.15, -0.1) is 11.8 Å². The van der Waals surface area contributed by atoms with Crippen LogP contribution >= 0.6 is 11.8 Å². The summed E-state index contributed by atoms with van der Waals surface area (Å²) < 4.78 is 4.81. The van der Waals surface area contributed by atoms with Crippen molar-refractivity contribution in [2.45, 2.75) is 24.3 Å². The van der Waals surface area contributed by atoms with Crippen LogP contribution in [0, 0.1) is 0 Å². The molecule has 21 heavy (non-hydrogen) atoms. The summed E-state index contributed by atoms with van der Waals surface area (Å²) in [7, 11) is 0. The Kier molecular flexibility index (Phi) is 5.47. The molecule has 1 atom stereocenters. The normalized spacial score (nSPS) is 12.3. The van der Waals surface area contributed by atoms with Crippen molar-refractivity contribution in [3.63, 3.8) is 0 Å². The quantitative estimate of drug-likeness (QED) is 0.634. The molecule has 1 unspecified atom stereocenters. The smallest absolute Gasteiger partial charge is 0.308 e. The molecule has 0 amide bonds. The molecule has 2 aromatic rings. The first-order chi connectivity index (χ1) is 10.1. The van der Waals surface area contributed by atoms with Crippen LogP contribution in [0.3, 0.4) is 0 Å². The maximum atomic E-state index is 11.3. The number of benzene rings is 2. The van der Waals surface area contributed by atoms with Gasteiger partial charge < -0.3 is 14.9 Å². The summed E-state index contributed by atoms with van der Waals surface area (Å²) in [4.78, 5) is 12.3. The Balaban J connectivity index is 2.04. The van der Waals surface area contributed by atoms with Crippen molar-refractivity contribution in [1.82, 2.24) is 0 Å². The number of fused-ring (bicyclic) bond motifs is 1. The molecule has 0 aliphatic rings. The lowest BCUT2D eigenvalue weighted by Crippen LogP contribution is -2.17. The van der Waals surface area contributed by atoms with Crippen LogP contribution in [-0.4, -0.2) is 34.6 Å². The van der Waals surface area contributed by atoms with Crippen molar-refractivity contribution < 1.29 is 19.7 Å². The predicted molar refractivity (Wildman–Crippen MR) is 83.6 cm³/mol. The minimum atomic E-state index is -0.749. The fraction of sp³-hybridized carbons (Fsp3) is 0.312. The molecule has 0 aliphatic carbocycles. The fourth-order valence-corrected chi connectivity index (χ4v) is 3.03. The monoisotopic (exact) mass is 306 g/mol. The van der Waals surface area contributed by atoms with Gasteiger partial charge in [-0.25, -0.2) is 0 Å². The molecular weight excluding hydrogens is 288 g/mol. The van der Waals surface area contributed by atoms with Crippen molar-refractivity contribution in [3.8, 4) is 5.75 Å². The molecular formula is C16H18O4S. The number of hydrogen-bond acceptors (Lipinski definition) is 5. The van der Waals surface area contributed by atoms with Crippen LogP contribution in [0.2, 0.25) is 0 Å². The minimum absolute atomic E-state index is 0.00312. The second kappa shape index (κ2) is 7.33. The Morgan fingerprint density at radius 1 is 1.24 bits per heavy atom. The van der Waals surface area contributed by atoms with Crippen LogP contribution in [0.15, 0.2) is 41.3 Å². The third kappa shape index (κ3) is 4.12. The van der Waals surface area contributed by atoms with E-state index in [0.717, 1.165) is 15.7 Å². The summed E-state index contributed by atoms with van der Waals surface area (Å²) in [5.41, 5.74) is 0. The van der Waals surface area contributed by atoms with Crippen molar-refractivity contribution in [1.29, 1.82) is 0 Å². The van der Waals surface area contributed by atoms with E-state index in [4.69, 9.17) is 4.74 Å². The maximum Gasteiger partial charge on any atom is 0.308 e. The van der Waals surface area contributed by atoms with E-state index in [1.54, 1.807) is 13.0 Å². The van der Waals surface area contributed by atoms with E-state index >= 15 is 0 Å². The molecule has 0 spiro atoms. The van der Waals surface area contributed by atoms with Crippen LogP contribution in [0.4, 0.5) is 0 Å². The van der Waals surface area contributed by atoms with Crippen LogP contribution in [0.1, 0.15) is 13.3 Å². The zero-order valence-corrected chi connectivity index (χ0v) is 12.6. The summed E-state index contributed by atoms with van der Waals surface area (Å²) in [6.07, 6.45) is -0.752. The number of hydrogen-bond donors (Lipinski definition) is 2. The highest BCUT2D eigenvalue weighted by Crippen LogP contribution is 2.33. The van der Waals surface area contributed by atoms with Gasteiger partial charge in [0, 0.05) is 16.0 Å². The summed E-state index contributed by atoms with van der Waals surface area (Å²) in [5.74, 6) is 0.247. The number of aliphatic hydroxyl groups excluding tert-OH is 1. The number of rotatable bonds is 6. The Morgan fingerprint density at radius 3 is 2.67 bits per heavy atom. The lowest BCUT2D eigenvalue weighted by Gasteiger charge is -2.11. The number of carbonyl (C=O) groups excluding carboxylic acids is 1. The third-order valence-electron chi connectivity index (χ3n) is 3.00. The first-order valence-corrected chi connectivity index (χ1v) is 7.77. The molecule has 2 aromatic carbocycles. The maximum absolute atomic E-state index is 11.3. The number of carbonyl (C=O) groups is 1. The third-order valence-corrected chi connectivity index (χ3v) is 4.22. The van der Waals surface area contributed by atoms with E-state index < -0.39 is 6.10 Å². The lowest BCUT2D eigenvalue weighted by atomic mass is 10.1. The topological polar surface area (TPSA) is 66.8 Å². The van der Waals surface area contributed by atoms with Crippen LogP contribution in [0.25, 0.3) is 10.8 Å². The molecule has 0 radical (unpaired) electrons. The molecule has 0 aliphatic heterocycles. The molecule has 0 aromatic heterocycles. The van der Waals surface area contributed by atoms with E-state index in [2.05, 4.69) is 0 Å². The molecule has 2 rings (SSSR count). The molecule has 0 bridgehead atoms. The molecule has 4 nitrogen and oxygen atoms in total. The van der Waals surface area contributed by atoms with Gasteiger partial charge in [0.15, 0.2) is 0 Å². The Hall–Kier alpha value is -1.72. The molecule has 0 saturated carbocycles. The van der Waals surface area contributed by atoms with E-state index in [0.29, 0.717) is 12.4 Å². The Labute approximate surface area is 127 Å². The number of aliphatic hydroxyl groups is 1. The number of esters is 1. The van der Waals surface area contributed by atoms with Crippen LogP contribution < -0.4 is 0 Å². The summed E-state index contributed by atoms with van der Waals surface area (Å²) >= 11 is 1.46. The molecule has 112 valence electrons. The number of thioether (sulfide) groups is 1. The zero-order valence-electron chi connectivity index (χ0n) is 11.8. The van der Waals surface area contributed by atoms with Crippen molar-refractivity contribution in [2.24, 2.45) is 0 Å². The van der Waals surface area contributed by atoms with E-state index in [1.807, 2.05) is 30.3 Å². The predicted octanol–water partition coefficient (Wildman–Crippen LogP) is 2.95. The summed E-state index contributed by atoms with van der Waals surface area (Å²) in [5, 5.41) is 21.4. The highest BCUT2D eigenvalue weighted by atomic mass is 32.2. The largest absolute Gasteiger partial charge is 0.507 e. The number of ether oxygens (including phenoxy) is 1. The highest BCUT2D eigenvalue weighted by molar-refractivity contribution is 7.99. The summed E-state index contributed by atoms with van der Waals surface area (Å²) in [6.45, 7) is 2.06. The Morgan fingerprint density at radius 2 is 1.95 bits per heavy atom. The average molecular weight is 306 g/mol. The Bertz CT molecular complexity index is 627. The van der Waals surface area contributed by atoms with Crippen LogP contribution in [-0.2, 0) is 9.53 Å². The van der Waals surface area contributed by atoms with Gasteiger partial charge in [0.25, 0.3) is 0 Å². The van der Waals surface area contributed by atoms with E-state index in [9.17, 15) is 15.0 Å². The van der Waals surface area contributed by atoms with Gasteiger partial charge in [-0.3, -0.25) is 4.79 Å². The SMILES string of the molecule is CCOC(=O)CC(O)CSc1ccc(O)c2ccccc12. The van der Waals surface area contributed by atoms with Crippen LogP contribution in [0.5, 0.6) is 5.75 Å². The minimum Gasteiger partial charge on any atom is -0.507 e. The molecule has 0 saturated heterocycles. The number of phenolic OH excluding ortho intramolecular Hbond substituents is 1. The van der Waals surface area contributed by atoms with Gasteiger partial charge in [-0.05, 0) is 24.4 Å². The highest BCUT2D eigenvalue weighted by Gasteiger charge is 2.13. The van der Waals surface area contributed by atoms with Gasteiger partial charge >= 0.3 is 5.97 Å². The molecule has 0 fully saturated rings. The molecule has 2 N–H and O–H groups in total. The molecule has 0 heterocycles. The average Bonchev–Trinajstić information content (AvgIpc) is 2.47. The number of aromatic hydroxyl groups is 1. The van der Waals surface area contributed by atoms with E-state index in [1.165, 1.54) is 11.8 Å². The second-order valence-corrected chi connectivity index (χ2v) is 5.66. The first kappa shape index (κ1) is 15.7. The van der Waals surface area contributed by atoms with Gasteiger partial charge in [-0.2, -0.15) is 0 Å². The zero-order chi connectivity index (χ0) is 15.2. The second-order valence-electron chi connectivity index (χ2n) is 4.60. The fourth-order valence-electron chi connectivity index (χ4n) is 2.04.